The molecule has 5 nitrogen and oxygen atoms in total. The molecule has 918 valence electrons. The molecule has 2 atom stereocenters. The normalized spacial score (nSPS) is 22.1. The molecule has 9 aliphatic rings. The summed E-state index contributed by atoms with van der Waals surface area (Å²) < 4.78 is 58.1. The van der Waals surface area contributed by atoms with Crippen LogP contribution in [0.15, 0.2) is 12.3 Å². The Morgan fingerprint density at radius 2 is 0.780 bits per heavy atom. The summed E-state index contributed by atoms with van der Waals surface area (Å²) in [7, 11) is 0. The molecule has 0 heterocycles. The van der Waals surface area contributed by atoms with Crippen molar-refractivity contribution in [1.29, 1.82) is 0 Å². The Hall–Kier alpha value is -0.900. The molecule has 0 bridgehead atoms. The van der Waals surface area contributed by atoms with E-state index in [0.717, 1.165) is 174 Å². The van der Waals surface area contributed by atoms with Gasteiger partial charge in [0.05, 0.1) is 43.1 Å². The van der Waals surface area contributed by atoms with Crippen LogP contribution in [0.5, 0.6) is 0 Å². The molecule has 0 aliphatic heterocycles. The molecule has 9 saturated carbocycles. The van der Waals surface area contributed by atoms with E-state index in [1.165, 1.54) is 219 Å². The Balaban J connectivity index is -0.000000174. The molecule has 9 aliphatic carbocycles. The third kappa shape index (κ3) is 114. The molecule has 0 aromatic carbocycles. The second-order valence-electron chi connectivity index (χ2n) is 62.5. The zero-order valence-electron chi connectivity index (χ0n) is 113. The molecule has 0 aromatic heterocycles. The van der Waals surface area contributed by atoms with Crippen molar-refractivity contribution in [3.05, 3.63) is 12.3 Å². The van der Waals surface area contributed by atoms with Crippen LogP contribution in [0.2, 0.25) is 0 Å². The van der Waals surface area contributed by atoms with Crippen LogP contribution in [-0.2, 0) is 9.47 Å². The zero-order chi connectivity index (χ0) is 118. The number of ether oxygens (including phenoxy) is 2. The fourth-order valence-electron chi connectivity index (χ4n) is 21.4. The average molecular weight is 2150 g/mol. The number of rotatable bonds is 33. The van der Waals surface area contributed by atoms with Crippen LogP contribution in [0, 0.1) is 185 Å². The van der Waals surface area contributed by atoms with Gasteiger partial charge in [0, 0.05) is 17.7 Å². The van der Waals surface area contributed by atoms with Crippen LogP contribution in [0.4, 0.5) is 17.6 Å². The summed E-state index contributed by atoms with van der Waals surface area (Å²) >= 11 is 0. The number of hydrogen-bond donors (Lipinski definition) is 3. The lowest BCUT2D eigenvalue weighted by atomic mass is 9.49. The third-order valence-corrected chi connectivity index (χ3v) is 31.5. The third-order valence-electron chi connectivity index (χ3n) is 31.5. The Labute approximate surface area is 950 Å². The first-order chi connectivity index (χ1) is 67.0. The van der Waals surface area contributed by atoms with E-state index in [1.807, 2.05) is 48.5 Å². The standard InChI is InChI=1S/C11H22.C10H18O.C10H20.C9H17N.2C9H18.2C9H20.C8H15F3.C8H18O.C8H16.C8H18.C7H14O.C7H16.C6H13F.C6H14.C5H12O.2CH4/c1-9(2)10-5-7-11(3,4)8-6-10;1-7(2)8-3-10(4-8)5-9(11)6-10;1-8(2)10-6-4-9(3)5-7-10;1-7(2)6-9(4-5-9)8(3)10;1-7(2)4-9-5-8(3)6-9;1-8(2)7-9(3)5-4-6-9;1-8(2)6-7-9(3,4)5;1-6-9(4,5)7-8(2)3;1-6(2)4-5-7(3)8(9,10)11;1-7(2)9-6-8(3,4)5;1-7(2)6-8(3)4-5-8;1-7(2)6-8(3,4)5;1-5(2)6-3-7(8)4-6;1-4-5-6-7(2)3;1-5(2)4-6(3)7;1-4-5-6(2)3;1-4-6-5(2)3;;/h9-10H,5-8H2,1-4H3;7-9,11H,3-6H2,1-2H3;8-10H,4-7H2,1-3H3;7H,3-6,10H2,1-2H3;7-9H,4-6H2,1-3H3;8H,4-7H2,1-3H3;2*8H,6-7H2,1-5H3;6-7H,4-5H2,1-3H3;7H,6H2,1-5H3;7H,4-6H2,1-3H3;7H,6H2,1-5H3;5-8H,3-4H2,1-2H3;7H,4-6H2,1-3H3;5-6H,4H2,1-3H3;6H,4-5H2,1-3H3;5H,4H2,1-3H3;2*1H4. The van der Waals surface area contributed by atoms with Crippen LogP contribution in [-0.4, -0.2) is 60.2 Å². The number of allylic oxidation sites excluding steroid dienone is 1. The van der Waals surface area contributed by atoms with Gasteiger partial charge in [-0.3, -0.25) is 0 Å². The van der Waals surface area contributed by atoms with Gasteiger partial charge in [-0.2, -0.15) is 13.2 Å². The second kappa shape index (κ2) is 88.7. The quantitative estimate of drug-likeness (QED) is 0.0570. The van der Waals surface area contributed by atoms with Crippen LogP contribution >= 0.6 is 0 Å². The summed E-state index contributed by atoms with van der Waals surface area (Å²) in [5.41, 5.74) is 11.7. The van der Waals surface area contributed by atoms with Gasteiger partial charge in [-0.1, -0.05) is 445 Å². The Bertz CT molecular complexity index is 2790. The Kier molecular flexibility index (Phi) is 99.9. The largest absolute Gasteiger partial charge is 0.402 e. The first-order valence-corrected chi connectivity index (χ1v) is 63.8. The molecule has 9 fully saturated rings. The molecular weight excluding hydrogens is 1850 g/mol. The molecule has 4 N–H and O–H groups in total. The van der Waals surface area contributed by atoms with Gasteiger partial charge >= 0.3 is 6.18 Å². The van der Waals surface area contributed by atoms with E-state index in [0.29, 0.717) is 74.8 Å². The monoisotopic (exact) mass is 2150 g/mol. The van der Waals surface area contributed by atoms with Crippen molar-refractivity contribution in [2.75, 3.05) is 13.2 Å². The minimum Gasteiger partial charge on any atom is -0.402 e. The number of halogens is 4. The van der Waals surface area contributed by atoms with Gasteiger partial charge in [-0.25, -0.2) is 4.39 Å². The van der Waals surface area contributed by atoms with Crippen LogP contribution in [0.25, 0.3) is 0 Å². The summed E-state index contributed by atoms with van der Waals surface area (Å²) in [6.45, 7) is 132. The average Bonchev–Trinajstić information content (AvgIpc) is 0.876. The maximum atomic E-state index is 12.0. The summed E-state index contributed by atoms with van der Waals surface area (Å²) in [6, 6.07) is 0. The van der Waals surface area contributed by atoms with E-state index >= 15 is 0 Å². The van der Waals surface area contributed by atoms with E-state index in [9.17, 15) is 22.7 Å². The highest BCUT2D eigenvalue weighted by Gasteiger charge is 2.53. The highest BCUT2D eigenvalue weighted by atomic mass is 19.4. The topological polar surface area (TPSA) is 84.9 Å². The second-order valence-corrected chi connectivity index (χ2v) is 62.5. The Morgan fingerprint density at radius 1 is 0.387 bits per heavy atom. The van der Waals surface area contributed by atoms with Gasteiger partial charge in [-0.05, 0) is 401 Å². The van der Waals surface area contributed by atoms with E-state index in [-0.39, 0.29) is 33.5 Å². The van der Waals surface area contributed by atoms with E-state index < -0.39 is 18.3 Å². The van der Waals surface area contributed by atoms with E-state index in [2.05, 4.69) is 339 Å². The first kappa shape index (κ1) is 169. The molecule has 150 heavy (non-hydrogen) atoms. The number of hydrogen-bond acceptors (Lipinski definition) is 5. The van der Waals surface area contributed by atoms with Crippen molar-refractivity contribution < 1.29 is 37.2 Å². The van der Waals surface area contributed by atoms with Crippen LogP contribution < -0.4 is 5.73 Å². The van der Waals surface area contributed by atoms with Crippen molar-refractivity contribution in [2.24, 2.45) is 191 Å². The number of aliphatic hydroxyl groups excluding tert-OH is 2. The number of aliphatic hydroxyl groups is 2. The molecule has 9 heteroatoms. The molecule has 2 unspecified atom stereocenters. The van der Waals surface area contributed by atoms with Gasteiger partial charge in [-0.15, -0.1) is 0 Å². The summed E-state index contributed by atoms with van der Waals surface area (Å²) in [5.74, 6) is 18.0. The maximum Gasteiger partial charge on any atom is 0.391 e. The highest BCUT2D eigenvalue weighted by molar-refractivity contribution is 5.15. The van der Waals surface area contributed by atoms with E-state index in [1.54, 1.807) is 6.92 Å². The van der Waals surface area contributed by atoms with Crippen molar-refractivity contribution in [2.45, 2.75) is 703 Å². The minimum absolute atomic E-state index is 0. The van der Waals surface area contributed by atoms with Crippen molar-refractivity contribution in [1.82, 2.24) is 0 Å². The highest BCUT2D eigenvalue weighted by Crippen LogP contribution is 2.61. The van der Waals surface area contributed by atoms with Gasteiger partial charge in [0.15, 0.2) is 0 Å². The molecule has 0 aromatic rings. The maximum absolute atomic E-state index is 12.0. The van der Waals surface area contributed by atoms with E-state index in [4.69, 9.17) is 20.3 Å². The fraction of sp³-hybridized carbons (Fsp3) is 0.986. The predicted octanol–water partition coefficient (Wildman–Crippen LogP) is 48.8. The summed E-state index contributed by atoms with van der Waals surface area (Å²) in [4.78, 5) is 0. The fourth-order valence-corrected chi connectivity index (χ4v) is 21.4. The lowest BCUT2D eigenvalue weighted by Crippen LogP contribution is -2.51. The van der Waals surface area contributed by atoms with Crippen molar-refractivity contribution >= 4 is 0 Å². The number of unbranched alkanes of at least 4 members (excludes halogenated alkanes) is 1. The molecule has 0 amide bonds. The Morgan fingerprint density at radius 3 is 0.953 bits per heavy atom. The summed E-state index contributed by atoms with van der Waals surface area (Å²) in [6.07, 6.45) is 48.6. The predicted molar refractivity (Wildman–Crippen MR) is 679 cm³/mol. The smallest absolute Gasteiger partial charge is 0.391 e. The molecular formula is C141H297F4NO4. The van der Waals surface area contributed by atoms with Crippen molar-refractivity contribution in [3.8, 4) is 0 Å². The van der Waals surface area contributed by atoms with Crippen molar-refractivity contribution in [3.63, 3.8) is 0 Å². The van der Waals surface area contributed by atoms with Gasteiger partial charge in [0.25, 0.3) is 0 Å². The number of alkyl halides is 4. The molecule has 1 spiro atoms. The van der Waals surface area contributed by atoms with Gasteiger partial charge in [0.1, 0.15) is 0 Å². The van der Waals surface area contributed by atoms with Gasteiger partial charge in [0.2, 0.25) is 0 Å². The molecule has 0 saturated heterocycles. The lowest BCUT2D eigenvalue weighted by Gasteiger charge is -2.57. The number of nitrogens with two attached hydrogens (primary N) is 1. The minimum atomic E-state index is -4.01. The summed E-state index contributed by atoms with van der Waals surface area (Å²) in [5, 5.41) is 18.0. The van der Waals surface area contributed by atoms with Crippen LogP contribution in [0.3, 0.4) is 0 Å². The zero-order valence-corrected chi connectivity index (χ0v) is 113. The molecule has 9 rings (SSSR count). The van der Waals surface area contributed by atoms with Gasteiger partial charge < -0.3 is 25.4 Å². The van der Waals surface area contributed by atoms with Crippen LogP contribution in [0.1, 0.15) is 666 Å². The molecule has 0 radical (unpaired) electrons. The lowest BCUT2D eigenvalue weighted by molar-refractivity contribution is -0.171. The SMILES string of the molecule is C.C.C=C(N)C1(CC(C)C)CC1.CC(C)C1CC(O)C1.CC(C)C1CC2(CC(O)C2)C1.CC(C)C1CCC(C)(C)CC1.CC(C)CC(C)(C)C.CC(C)CC(C)F.CC(C)CC1(C)CC1.CC(C)CC1(C)CCC1.CC(C)CC1CC(C)C1.CC(C)CCC(C)(C)C.CC(C)CCC(C)C(F)(F)F.CC(C)OCC(C)(C)C.CC1CCC(C(C)C)CC1.CCC(C)(C)CC(C)C.CCCC(C)C.CCCCC(C)C.CCOC(C)C. The first-order valence-electron chi connectivity index (χ1n) is 63.8.